The van der Waals surface area contributed by atoms with Gasteiger partial charge in [-0.2, -0.15) is 0 Å². The highest BCUT2D eigenvalue weighted by molar-refractivity contribution is 14.0. The van der Waals surface area contributed by atoms with Crippen molar-refractivity contribution in [2.45, 2.75) is 13.1 Å². The summed E-state index contributed by atoms with van der Waals surface area (Å²) in [6, 6.07) is 10.5. The summed E-state index contributed by atoms with van der Waals surface area (Å²) in [5.41, 5.74) is 3.42. The summed E-state index contributed by atoms with van der Waals surface area (Å²) in [4.78, 5) is 6.61. The number of nitrogens with zero attached hydrogens (tertiary/aromatic N) is 3. The Bertz CT molecular complexity index is 788. The summed E-state index contributed by atoms with van der Waals surface area (Å²) in [7, 11) is 3.64. The smallest absolute Gasteiger partial charge is 0.191 e. The summed E-state index contributed by atoms with van der Waals surface area (Å²) in [6.45, 7) is 4.75. The van der Waals surface area contributed by atoms with Crippen molar-refractivity contribution in [1.29, 1.82) is 0 Å². The molecule has 0 atom stereocenters. The van der Waals surface area contributed by atoms with Crippen molar-refractivity contribution in [2.24, 2.45) is 12.0 Å². The standard InChI is InChI=1S/C19H25Cl2N5O.HI/c1-22-19(24-13-16-11-17(20)18(21)25(16)2)23-12-14-3-5-15(6-4-14)26-7-9-27-10-8-26;/h3-6,11H,7-10,12-13H2,1-2H3,(H2,22,23,24);1H. The number of guanidine groups is 1. The SMILES string of the molecule is CN=C(NCc1ccc(N2CCOCC2)cc1)NCc1cc(Cl)c(Cl)n1C.I. The Morgan fingerprint density at radius 3 is 2.32 bits per heavy atom. The number of anilines is 1. The number of benzene rings is 1. The zero-order chi connectivity index (χ0) is 19.2. The normalized spacial score (nSPS) is 14.6. The first kappa shape index (κ1) is 23.1. The molecule has 2 aromatic rings. The molecule has 0 saturated carbocycles. The Kier molecular flexibility index (Phi) is 9.20. The third kappa shape index (κ3) is 5.92. The highest BCUT2D eigenvalue weighted by Crippen LogP contribution is 2.24. The van der Waals surface area contributed by atoms with Crippen LogP contribution in [0.1, 0.15) is 11.3 Å². The molecular weight excluding hydrogens is 512 g/mol. The first-order valence-electron chi connectivity index (χ1n) is 8.94. The number of hydrogen-bond acceptors (Lipinski definition) is 3. The number of ether oxygens (including phenoxy) is 1. The predicted molar refractivity (Wildman–Crippen MR) is 127 cm³/mol. The molecule has 2 N–H and O–H groups in total. The molecule has 1 saturated heterocycles. The van der Waals surface area contributed by atoms with E-state index in [-0.39, 0.29) is 24.0 Å². The average Bonchev–Trinajstić information content (AvgIpc) is 2.96. The van der Waals surface area contributed by atoms with E-state index in [1.165, 1.54) is 11.3 Å². The lowest BCUT2D eigenvalue weighted by atomic mass is 10.2. The molecule has 0 unspecified atom stereocenters. The van der Waals surface area contributed by atoms with E-state index in [4.69, 9.17) is 27.9 Å². The van der Waals surface area contributed by atoms with Crippen LogP contribution in [0.15, 0.2) is 35.3 Å². The topological polar surface area (TPSA) is 53.8 Å². The molecular formula is C19H26Cl2IN5O. The maximum Gasteiger partial charge on any atom is 0.191 e. The van der Waals surface area contributed by atoms with Crippen molar-refractivity contribution in [1.82, 2.24) is 15.2 Å². The van der Waals surface area contributed by atoms with Gasteiger partial charge in [0.15, 0.2) is 5.96 Å². The van der Waals surface area contributed by atoms with Crippen molar-refractivity contribution in [2.75, 3.05) is 38.3 Å². The molecule has 3 rings (SSSR count). The van der Waals surface area contributed by atoms with E-state index in [9.17, 15) is 0 Å². The van der Waals surface area contributed by atoms with Crippen LogP contribution >= 0.6 is 47.2 Å². The zero-order valence-corrected chi connectivity index (χ0v) is 19.9. The summed E-state index contributed by atoms with van der Waals surface area (Å²) in [6.07, 6.45) is 0. The quantitative estimate of drug-likeness (QED) is 0.347. The maximum absolute atomic E-state index is 6.10. The molecule has 1 aromatic heterocycles. The van der Waals surface area contributed by atoms with Gasteiger partial charge in [-0.1, -0.05) is 35.3 Å². The number of halogens is 3. The van der Waals surface area contributed by atoms with Crippen LogP contribution in [0.25, 0.3) is 0 Å². The minimum atomic E-state index is 0. The zero-order valence-electron chi connectivity index (χ0n) is 16.0. The Morgan fingerprint density at radius 2 is 1.75 bits per heavy atom. The van der Waals surface area contributed by atoms with E-state index in [2.05, 4.69) is 44.8 Å². The monoisotopic (exact) mass is 537 g/mol. The lowest BCUT2D eigenvalue weighted by Gasteiger charge is -2.28. The highest BCUT2D eigenvalue weighted by Gasteiger charge is 2.11. The van der Waals surface area contributed by atoms with E-state index in [0.29, 0.717) is 23.3 Å². The lowest BCUT2D eigenvalue weighted by Crippen LogP contribution is -2.37. The summed E-state index contributed by atoms with van der Waals surface area (Å²) >= 11 is 12.2. The average molecular weight is 538 g/mol. The minimum Gasteiger partial charge on any atom is -0.378 e. The van der Waals surface area contributed by atoms with E-state index in [1.54, 1.807) is 7.05 Å². The Morgan fingerprint density at radius 1 is 1.11 bits per heavy atom. The van der Waals surface area contributed by atoms with E-state index >= 15 is 0 Å². The van der Waals surface area contributed by atoms with Gasteiger partial charge in [0.2, 0.25) is 0 Å². The van der Waals surface area contributed by atoms with Gasteiger partial charge in [-0.3, -0.25) is 4.99 Å². The van der Waals surface area contributed by atoms with Crippen LogP contribution in [-0.2, 0) is 24.9 Å². The van der Waals surface area contributed by atoms with Gasteiger partial charge < -0.3 is 24.8 Å². The van der Waals surface area contributed by atoms with Gasteiger partial charge in [0.05, 0.1) is 24.8 Å². The van der Waals surface area contributed by atoms with Crippen molar-refractivity contribution < 1.29 is 4.74 Å². The Balaban J connectivity index is 0.00000280. The highest BCUT2D eigenvalue weighted by atomic mass is 127. The van der Waals surface area contributed by atoms with E-state index in [0.717, 1.165) is 38.0 Å². The molecule has 0 aliphatic carbocycles. The molecule has 1 fully saturated rings. The number of aromatic nitrogens is 1. The molecule has 0 amide bonds. The third-order valence-electron chi connectivity index (χ3n) is 4.65. The van der Waals surface area contributed by atoms with Crippen LogP contribution in [0.4, 0.5) is 5.69 Å². The molecule has 0 bridgehead atoms. The molecule has 1 aromatic carbocycles. The van der Waals surface area contributed by atoms with Crippen LogP contribution in [-0.4, -0.2) is 43.9 Å². The lowest BCUT2D eigenvalue weighted by molar-refractivity contribution is 0.122. The van der Waals surface area contributed by atoms with Crippen LogP contribution in [0, 0.1) is 0 Å². The third-order valence-corrected chi connectivity index (χ3v) is 5.49. The second-order valence-electron chi connectivity index (χ2n) is 6.38. The van der Waals surface area contributed by atoms with E-state index in [1.807, 2.05) is 17.7 Å². The van der Waals surface area contributed by atoms with Gasteiger partial charge in [0, 0.05) is 45.1 Å². The Hall–Kier alpha value is -1.16. The van der Waals surface area contributed by atoms with Crippen molar-refractivity contribution in [3.63, 3.8) is 0 Å². The fraction of sp³-hybridized carbons (Fsp3) is 0.421. The van der Waals surface area contributed by atoms with Gasteiger partial charge in [-0.25, -0.2) is 0 Å². The van der Waals surface area contributed by atoms with Crippen LogP contribution < -0.4 is 15.5 Å². The summed E-state index contributed by atoms with van der Waals surface area (Å²) in [5.74, 6) is 0.723. The summed E-state index contributed by atoms with van der Waals surface area (Å²) < 4.78 is 7.26. The number of nitrogens with one attached hydrogen (secondary N) is 2. The van der Waals surface area contributed by atoms with Gasteiger partial charge in [0.1, 0.15) is 5.15 Å². The first-order valence-corrected chi connectivity index (χ1v) is 9.70. The first-order chi connectivity index (χ1) is 13.1. The minimum absolute atomic E-state index is 0. The Labute approximate surface area is 193 Å². The molecule has 1 aliphatic heterocycles. The van der Waals surface area contributed by atoms with Crippen LogP contribution in [0.2, 0.25) is 10.2 Å². The molecule has 28 heavy (non-hydrogen) atoms. The number of rotatable bonds is 5. The molecule has 0 spiro atoms. The van der Waals surface area contributed by atoms with Crippen molar-refractivity contribution in [3.05, 3.63) is 51.8 Å². The summed E-state index contributed by atoms with van der Waals surface area (Å²) in [5, 5.41) is 7.70. The second-order valence-corrected chi connectivity index (χ2v) is 7.14. The van der Waals surface area contributed by atoms with Gasteiger partial charge in [0.25, 0.3) is 0 Å². The number of hydrogen-bond donors (Lipinski definition) is 2. The van der Waals surface area contributed by atoms with Gasteiger partial charge in [-0.15, -0.1) is 24.0 Å². The molecule has 154 valence electrons. The molecule has 1 aliphatic rings. The van der Waals surface area contributed by atoms with Crippen molar-refractivity contribution >= 4 is 58.8 Å². The molecule has 2 heterocycles. The molecule has 0 radical (unpaired) electrons. The van der Waals surface area contributed by atoms with Gasteiger partial charge >= 0.3 is 0 Å². The largest absolute Gasteiger partial charge is 0.378 e. The predicted octanol–water partition coefficient (Wildman–Crippen LogP) is 3.65. The fourth-order valence-electron chi connectivity index (χ4n) is 2.99. The van der Waals surface area contributed by atoms with Crippen LogP contribution in [0.3, 0.4) is 0 Å². The van der Waals surface area contributed by atoms with Crippen LogP contribution in [0.5, 0.6) is 0 Å². The van der Waals surface area contributed by atoms with Gasteiger partial charge in [-0.05, 0) is 23.8 Å². The fourth-order valence-corrected chi connectivity index (χ4v) is 3.40. The second kappa shape index (κ2) is 11.1. The van der Waals surface area contributed by atoms with Crippen molar-refractivity contribution in [3.8, 4) is 0 Å². The van der Waals surface area contributed by atoms with E-state index < -0.39 is 0 Å². The molecule has 6 nitrogen and oxygen atoms in total. The number of morpholine rings is 1. The maximum atomic E-state index is 6.10. The molecule has 9 heteroatoms. The number of aliphatic imine (C=N–C) groups is 1.